The molecular weight excluding hydrogens is 457 g/mol. The van der Waals surface area contributed by atoms with Gasteiger partial charge >= 0.3 is 6.18 Å². The van der Waals surface area contributed by atoms with Crippen molar-refractivity contribution in [2.24, 2.45) is 0 Å². The molecule has 1 unspecified atom stereocenters. The van der Waals surface area contributed by atoms with Gasteiger partial charge < -0.3 is 10.1 Å². The van der Waals surface area contributed by atoms with Crippen molar-refractivity contribution in [3.8, 4) is 0 Å². The molecule has 1 aliphatic rings. The van der Waals surface area contributed by atoms with E-state index < -0.39 is 28.7 Å². The molecule has 1 N–H and O–H groups in total. The summed E-state index contributed by atoms with van der Waals surface area (Å²) in [4.78, 5) is 12.7. The van der Waals surface area contributed by atoms with E-state index in [0.717, 1.165) is 24.8 Å². The lowest BCUT2D eigenvalue weighted by molar-refractivity contribution is -0.176. The first-order valence-corrected chi connectivity index (χ1v) is 12.1. The number of benzene rings is 2. The van der Waals surface area contributed by atoms with Gasteiger partial charge in [0.25, 0.3) is 5.91 Å². The molecule has 2 aromatic rings. The number of sulfonamides is 1. The van der Waals surface area contributed by atoms with Crippen molar-refractivity contribution in [2.75, 3.05) is 13.2 Å². The van der Waals surface area contributed by atoms with Crippen LogP contribution in [-0.4, -0.2) is 44.0 Å². The van der Waals surface area contributed by atoms with Crippen LogP contribution >= 0.6 is 0 Å². The molecule has 1 atom stereocenters. The van der Waals surface area contributed by atoms with Crippen LogP contribution in [0, 0.1) is 0 Å². The van der Waals surface area contributed by atoms with E-state index in [-0.39, 0.29) is 29.7 Å². The number of rotatable bonds is 8. The third kappa shape index (κ3) is 7.02. The number of nitrogens with one attached hydrogen (secondary N) is 1. The monoisotopic (exact) mass is 484 g/mol. The molecule has 2 aromatic carbocycles. The van der Waals surface area contributed by atoms with Crippen molar-refractivity contribution in [3.05, 3.63) is 65.2 Å². The lowest BCUT2D eigenvalue weighted by Gasteiger charge is -2.32. The second-order valence-electron chi connectivity index (χ2n) is 8.10. The summed E-state index contributed by atoms with van der Waals surface area (Å²) >= 11 is 0. The van der Waals surface area contributed by atoms with Gasteiger partial charge in [-0.3, -0.25) is 4.79 Å². The molecule has 0 radical (unpaired) electrons. The van der Waals surface area contributed by atoms with Gasteiger partial charge in [0.15, 0.2) is 0 Å². The molecule has 0 aromatic heterocycles. The second kappa shape index (κ2) is 10.7. The van der Waals surface area contributed by atoms with E-state index in [2.05, 4.69) is 10.1 Å². The van der Waals surface area contributed by atoms with Gasteiger partial charge in [-0.1, -0.05) is 36.8 Å². The summed E-state index contributed by atoms with van der Waals surface area (Å²) in [6, 6.07) is 12.5. The number of piperidine rings is 1. The van der Waals surface area contributed by atoms with E-state index in [4.69, 9.17) is 0 Å². The van der Waals surface area contributed by atoms with E-state index in [0.29, 0.717) is 12.1 Å². The predicted molar refractivity (Wildman–Crippen MR) is 117 cm³/mol. The zero-order valence-electron chi connectivity index (χ0n) is 18.3. The fourth-order valence-electron chi connectivity index (χ4n) is 3.68. The summed E-state index contributed by atoms with van der Waals surface area (Å²) in [6.45, 7) is 1.07. The van der Waals surface area contributed by atoms with Crippen molar-refractivity contribution < 1.29 is 31.1 Å². The highest BCUT2D eigenvalue weighted by atomic mass is 32.2. The maximum Gasteiger partial charge on any atom is 0.411 e. The molecule has 1 fully saturated rings. The van der Waals surface area contributed by atoms with Gasteiger partial charge in [0.2, 0.25) is 10.0 Å². The van der Waals surface area contributed by atoms with Crippen molar-refractivity contribution in [1.82, 2.24) is 9.62 Å². The Bertz CT molecular complexity index is 1060. The number of alkyl halides is 3. The average molecular weight is 485 g/mol. The second-order valence-corrected chi connectivity index (χ2v) is 9.99. The molecule has 1 amide bonds. The number of amides is 1. The van der Waals surface area contributed by atoms with E-state index in [1.54, 1.807) is 36.4 Å². The molecule has 1 saturated heterocycles. The largest absolute Gasteiger partial charge is 0.411 e. The van der Waals surface area contributed by atoms with Crippen LogP contribution in [0.25, 0.3) is 0 Å². The summed E-state index contributed by atoms with van der Waals surface area (Å²) in [5, 5.41) is 2.74. The normalized spacial score (nSPS) is 17.6. The van der Waals surface area contributed by atoms with Crippen LogP contribution in [-0.2, 0) is 27.9 Å². The SMILES string of the molecule is CC1CCCCN1S(=O)(=O)c1cccc(C(=O)NCc2ccc(COCC(F)(F)F)cc2)c1. The molecule has 6 nitrogen and oxygen atoms in total. The standard InChI is InChI=1S/C23H27F3N2O4S/c1-17-5-2-3-12-28(17)33(30,31)21-7-4-6-20(13-21)22(29)27-14-18-8-10-19(11-9-18)15-32-16-23(24,25)26/h4,6-11,13,17H,2-3,5,12,14-16H2,1H3,(H,27,29). The molecule has 10 heteroatoms. The summed E-state index contributed by atoms with van der Waals surface area (Å²) < 4.78 is 68.6. The third-order valence-corrected chi connectivity index (χ3v) is 7.46. The maximum absolute atomic E-state index is 13.0. The highest BCUT2D eigenvalue weighted by molar-refractivity contribution is 7.89. The van der Waals surface area contributed by atoms with Gasteiger partial charge in [-0.15, -0.1) is 0 Å². The zero-order chi connectivity index (χ0) is 24.1. The van der Waals surface area contributed by atoms with Gasteiger partial charge in [0.1, 0.15) is 6.61 Å². The highest BCUT2D eigenvalue weighted by Gasteiger charge is 2.31. The Balaban J connectivity index is 1.59. The average Bonchev–Trinajstić information content (AvgIpc) is 2.78. The summed E-state index contributed by atoms with van der Waals surface area (Å²) in [6.07, 6.45) is -1.74. The Morgan fingerprint density at radius 3 is 2.48 bits per heavy atom. The van der Waals surface area contributed by atoms with Gasteiger partial charge in [-0.2, -0.15) is 17.5 Å². The first kappa shape index (κ1) is 25.2. The van der Waals surface area contributed by atoms with E-state index in [9.17, 15) is 26.4 Å². The first-order chi connectivity index (χ1) is 15.6. The minimum atomic E-state index is -4.37. The van der Waals surface area contributed by atoms with E-state index in [1.165, 1.54) is 16.4 Å². The summed E-state index contributed by atoms with van der Waals surface area (Å²) in [7, 11) is -3.69. The fourth-order valence-corrected chi connectivity index (χ4v) is 5.43. The number of ether oxygens (including phenoxy) is 1. The van der Waals surface area contributed by atoms with E-state index in [1.807, 2.05) is 6.92 Å². The smallest absolute Gasteiger partial charge is 0.367 e. The highest BCUT2D eigenvalue weighted by Crippen LogP contribution is 2.25. The minimum absolute atomic E-state index is 0.0805. The molecular formula is C23H27F3N2O4S. The van der Waals surface area contributed by atoms with Crippen LogP contribution < -0.4 is 5.32 Å². The molecule has 1 aliphatic heterocycles. The van der Waals surface area contributed by atoms with Crippen LogP contribution in [0.1, 0.15) is 47.7 Å². The number of carbonyl (C=O) groups is 1. The zero-order valence-corrected chi connectivity index (χ0v) is 19.1. The number of nitrogens with zero attached hydrogens (tertiary/aromatic N) is 1. The maximum atomic E-state index is 13.0. The Hall–Kier alpha value is -2.43. The lowest BCUT2D eigenvalue weighted by Crippen LogP contribution is -2.42. The third-order valence-electron chi connectivity index (χ3n) is 5.46. The van der Waals surface area contributed by atoms with Crippen LogP contribution in [0.5, 0.6) is 0 Å². The van der Waals surface area contributed by atoms with Crippen molar-refractivity contribution >= 4 is 15.9 Å². The first-order valence-electron chi connectivity index (χ1n) is 10.7. The molecule has 0 saturated carbocycles. The Morgan fingerprint density at radius 1 is 1.12 bits per heavy atom. The summed E-state index contributed by atoms with van der Waals surface area (Å²) in [5.74, 6) is -0.420. The molecule has 3 rings (SSSR count). The number of hydrogen-bond acceptors (Lipinski definition) is 4. The lowest BCUT2D eigenvalue weighted by atomic mass is 10.1. The Kier molecular flexibility index (Phi) is 8.14. The van der Waals surface area contributed by atoms with Gasteiger partial charge in [0.05, 0.1) is 11.5 Å². The predicted octanol–water partition coefficient (Wildman–Crippen LogP) is 4.26. The van der Waals surface area contributed by atoms with Crippen molar-refractivity contribution in [1.29, 1.82) is 0 Å². The van der Waals surface area contributed by atoms with Crippen molar-refractivity contribution in [2.45, 2.75) is 56.5 Å². The summed E-state index contributed by atoms with van der Waals surface area (Å²) in [5.41, 5.74) is 1.56. The van der Waals surface area contributed by atoms with Crippen LogP contribution in [0.2, 0.25) is 0 Å². The topological polar surface area (TPSA) is 75.7 Å². The van der Waals surface area contributed by atoms with Gasteiger partial charge in [0, 0.05) is 24.7 Å². The Morgan fingerprint density at radius 2 is 1.82 bits per heavy atom. The minimum Gasteiger partial charge on any atom is -0.367 e. The molecule has 180 valence electrons. The molecule has 0 aliphatic carbocycles. The fraction of sp³-hybridized carbons (Fsp3) is 0.435. The van der Waals surface area contributed by atoms with Crippen molar-refractivity contribution in [3.63, 3.8) is 0 Å². The quantitative estimate of drug-likeness (QED) is 0.608. The molecule has 33 heavy (non-hydrogen) atoms. The number of hydrogen-bond donors (Lipinski definition) is 1. The molecule has 1 heterocycles. The van der Waals surface area contributed by atoms with Gasteiger partial charge in [-0.05, 0) is 49.1 Å². The van der Waals surface area contributed by atoms with Crippen LogP contribution in [0.15, 0.2) is 53.4 Å². The van der Waals surface area contributed by atoms with E-state index >= 15 is 0 Å². The van der Waals surface area contributed by atoms with Crippen LogP contribution in [0.3, 0.4) is 0 Å². The molecule has 0 spiro atoms. The Labute approximate surface area is 191 Å². The number of halogens is 3. The van der Waals surface area contributed by atoms with Crippen LogP contribution in [0.4, 0.5) is 13.2 Å². The molecule has 0 bridgehead atoms. The number of carbonyl (C=O) groups excluding carboxylic acids is 1. The van der Waals surface area contributed by atoms with Gasteiger partial charge in [-0.25, -0.2) is 8.42 Å².